The maximum absolute atomic E-state index is 12.1. The van der Waals surface area contributed by atoms with Crippen LogP contribution in [0, 0.1) is 0 Å². The number of carbonyl (C=O) groups is 1. The molecule has 0 aliphatic carbocycles. The molecule has 0 saturated heterocycles. The second kappa shape index (κ2) is 7.11. The summed E-state index contributed by atoms with van der Waals surface area (Å²) in [5.41, 5.74) is 2.81. The summed E-state index contributed by atoms with van der Waals surface area (Å²) in [6, 6.07) is 12.7. The van der Waals surface area contributed by atoms with Crippen LogP contribution in [0.1, 0.15) is 0 Å². The van der Waals surface area contributed by atoms with Crippen LogP contribution in [0.3, 0.4) is 0 Å². The monoisotopic (exact) mass is 403 g/mol. The first-order chi connectivity index (χ1) is 12.6. The van der Waals surface area contributed by atoms with Gasteiger partial charge in [-0.15, -0.1) is 10.2 Å². The lowest BCUT2D eigenvalue weighted by atomic mass is 10.2. The van der Waals surface area contributed by atoms with E-state index >= 15 is 0 Å². The number of aromatic amines is 1. The SMILES string of the molecule is O=C(CSc1nnc2c(n1)[nH]c1ccccc12)Nc1ccc(Cl)cc1Cl. The summed E-state index contributed by atoms with van der Waals surface area (Å²) in [5, 5.41) is 13.3. The first-order valence-electron chi connectivity index (χ1n) is 7.59. The van der Waals surface area contributed by atoms with Crippen LogP contribution in [0.25, 0.3) is 22.1 Å². The lowest BCUT2D eigenvalue weighted by Crippen LogP contribution is -2.14. The van der Waals surface area contributed by atoms with Crippen LogP contribution in [0.2, 0.25) is 10.0 Å². The average molecular weight is 404 g/mol. The van der Waals surface area contributed by atoms with E-state index in [1.165, 1.54) is 11.8 Å². The fourth-order valence-electron chi connectivity index (χ4n) is 2.47. The fraction of sp³-hybridized carbons (Fsp3) is 0.0588. The molecule has 2 aromatic carbocycles. The quantitative estimate of drug-likeness (QED) is 0.488. The highest BCUT2D eigenvalue weighted by Crippen LogP contribution is 2.26. The first kappa shape index (κ1) is 17.1. The Balaban J connectivity index is 1.47. The predicted molar refractivity (Wildman–Crippen MR) is 105 cm³/mol. The van der Waals surface area contributed by atoms with Crippen molar-refractivity contribution in [3.63, 3.8) is 0 Å². The standard InChI is InChI=1S/C17H11Cl2N5OS/c18-9-5-6-13(11(19)7-9)20-14(25)8-26-17-22-16-15(23-24-17)10-3-1-2-4-12(10)21-16/h1-7H,8H2,(H,20,25)(H,21,22,24). The Morgan fingerprint density at radius 1 is 1.15 bits per heavy atom. The number of benzene rings is 2. The van der Waals surface area contributed by atoms with Gasteiger partial charge in [-0.2, -0.15) is 0 Å². The van der Waals surface area contributed by atoms with Gasteiger partial charge in [0.1, 0.15) is 5.52 Å². The fourth-order valence-corrected chi connectivity index (χ4v) is 3.52. The van der Waals surface area contributed by atoms with Crippen LogP contribution in [0.4, 0.5) is 5.69 Å². The molecule has 1 amide bonds. The Hall–Kier alpha value is -2.35. The largest absolute Gasteiger partial charge is 0.338 e. The molecule has 4 aromatic rings. The van der Waals surface area contributed by atoms with Gasteiger partial charge in [0.15, 0.2) is 5.65 Å². The molecule has 0 bridgehead atoms. The molecule has 0 spiro atoms. The number of para-hydroxylation sites is 1. The Morgan fingerprint density at radius 2 is 2.00 bits per heavy atom. The van der Waals surface area contributed by atoms with Gasteiger partial charge in [-0.3, -0.25) is 4.79 Å². The summed E-state index contributed by atoms with van der Waals surface area (Å²) >= 11 is 13.1. The van der Waals surface area contributed by atoms with Gasteiger partial charge in [0, 0.05) is 15.9 Å². The van der Waals surface area contributed by atoms with Gasteiger partial charge in [0.25, 0.3) is 0 Å². The third-order valence-electron chi connectivity index (χ3n) is 3.64. The molecule has 2 aromatic heterocycles. The van der Waals surface area contributed by atoms with E-state index < -0.39 is 0 Å². The number of carbonyl (C=O) groups excluding carboxylic acids is 1. The number of hydrogen-bond donors (Lipinski definition) is 2. The van der Waals surface area contributed by atoms with Crippen molar-refractivity contribution in [3.8, 4) is 0 Å². The number of halogens is 2. The Bertz CT molecular complexity index is 1130. The highest BCUT2D eigenvalue weighted by molar-refractivity contribution is 7.99. The van der Waals surface area contributed by atoms with Crippen LogP contribution in [0.5, 0.6) is 0 Å². The number of hydrogen-bond acceptors (Lipinski definition) is 5. The van der Waals surface area contributed by atoms with E-state index in [9.17, 15) is 4.79 Å². The van der Waals surface area contributed by atoms with E-state index in [0.717, 1.165) is 10.9 Å². The normalized spacial score (nSPS) is 11.2. The number of H-pyrrole nitrogens is 1. The molecule has 0 aliphatic heterocycles. The summed E-state index contributed by atoms with van der Waals surface area (Å²) in [6.07, 6.45) is 0. The third kappa shape index (κ3) is 3.46. The molecule has 4 rings (SSSR count). The van der Waals surface area contributed by atoms with E-state index in [0.29, 0.717) is 32.1 Å². The van der Waals surface area contributed by atoms with Gasteiger partial charge in [-0.25, -0.2) is 4.98 Å². The molecule has 9 heteroatoms. The summed E-state index contributed by atoms with van der Waals surface area (Å²) in [6.45, 7) is 0. The molecule has 0 saturated carbocycles. The summed E-state index contributed by atoms with van der Waals surface area (Å²) in [7, 11) is 0. The highest BCUT2D eigenvalue weighted by Gasteiger charge is 2.11. The van der Waals surface area contributed by atoms with Crippen molar-refractivity contribution in [1.29, 1.82) is 0 Å². The molecule has 6 nitrogen and oxygen atoms in total. The molecule has 0 aliphatic rings. The summed E-state index contributed by atoms with van der Waals surface area (Å²) < 4.78 is 0. The van der Waals surface area contributed by atoms with E-state index in [1.54, 1.807) is 18.2 Å². The topological polar surface area (TPSA) is 83.6 Å². The van der Waals surface area contributed by atoms with Gasteiger partial charge in [-0.1, -0.05) is 53.2 Å². The number of nitrogens with one attached hydrogen (secondary N) is 2. The van der Waals surface area contributed by atoms with Crippen molar-refractivity contribution in [2.24, 2.45) is 0 Å². The van der Waals surface area contributed by atoms with Crippen molar-refractivity contribution < 1.29 is 4.79 Å². The van der Waals surface area contributed by atoms with Crippen molar-refractivity contribution in [2.45, 2.75) is 5.16 Å². The van der Waals surface area contributed by atoms with Gasteiger partial charge in [-0.05, 0) is 24.3 Å². The van der Waals surface area contributed by atoms with Crippen LogP contribution in [0.15, 0.2) is 47.6 Å². The van der Waals surface area contributed by atoms with E-state index in [4.69, 9.17) is 23.2 Å². The predicted octanol–water partition coefficient (Wildman–Crippen LogP) is 4.54. The van der Waals surface area contributed by atoms with E-state index in [2.05, 4.69) is 25.5 Å². The van der Waals surface area contributed by atoms with E-state index in [1.807, 2.05) is 24.3 Å². The second-order valence-electron chi connectivity index (χ2n) is 5.42. The Morgan fingerprint density at radius 3 is 2.85 bits per heavy atom. The second-order valence-corrected chi connectivity index (χ2v) is 7.21. The van der Waals surface area contributed by atoms with Crippen LogP contribution >= 0.6 is 35.0 Å². The van der Waals surface area contributed by atoms with Crippen molar-refractivity contribution in [1.82, 2.24) is 20.2 Å². The lowest BCUT2D eigenvalue weighted by Gasteiger charge is -2.06. The smallest absolute Gasteiger partial charge is 0.234 e. The number of nitrogens with zero attached hydrogens (tertiary/aromatic N) is 3. The molecule has 0 unspecified atom stereocenters. The summed E-state index contributed by atoms with van der Waals surface area (Å²) in [5.74, 6) is -0.0913. The van der Waals surface area contributed by atoms with Gasteiger partial charge in [0.2, 0.25) is 11.1 Å². The molecular formula is C17H11Cl2N5OS. The number of thioether (sulfide) groups is 1. The zero-order chi connectivity index (χ0) is 18.1. The van der Waals surface area contributed by atoms with Gasteiger partial charge in [0.05, 0.1) is 16.5 Å². The van der Waals surface area contributed by atoms with Crippen LogP contribution < -0.4 is 5.32 Å². The number of aromatic nitrogens is 4. The molecule has 0 radical (unpaired) electrons. The number of fused-ring (bicyclic) bond motifs is 3. The number of anilines is 1. The maximum atomic E-state index is 12.1. The number of rotatable bonds is 4. The van der Waals surface area contributed by atoms with Crippen LogP contribution in [-0.2, 0) is 4.79 Å². The van der Waals surface area contributed by atoms with Crippen molar-refractivity contribution in [3.05, 3.63) is 52.5 Å². The molecule has 2 heterocycles. The third-order valence-corrected chi connectivity index (χ3v) is 5.03. The van der Waals surface area contributed by atoms with Crippen LogP contribution in [-0.4, -0.2) is 31.8 Å². The Kier molecular flexibility index (Phi) is 4.67. The van der Waals surface area contributed by atoms with Gasteiger partial charge < -0.3 is 10.3 Å². The molecule has 0 fully saturated rings. The minimum absolute atomic E-state index is 0.131. The minimum atomic E-state index is -0.223. The average Bonchev–Trinajstić information content (AvgIpc) is 3.00. The van der Waals surface area contributed by atoms with Crippen molar-refractivity contribution >= 4 is 68.6 Å². The molecule has 2 N–H and O–H groups in total. The maximum Gasteiger partial charge on any atom is 0.234 e. The molecular weight excluding hydrogens is 393 g/mol. The molecule has 26 heavy (non-hydrogen) atoms. The highest BCUT2D eigenvalue weighted by atomic mass is 35.5. The minimum Gasteiger partial charge on any atom is -0.338 e. The zero-order valence-corrected chi connectivity index (χ0v) is 15.5. The van der Waals surface area contributed by atoms with Crippen molar-refractivity contribution in [2.75, 3.05) is 11.1 Å². The molecule has 0 atom stereocenters. The lowest BCUT2D eigenvalue weighted by molar-refractivity contribution is -0.113. The number of amides is 1. The summed E-state index contributed by atoms with van der Waals surface area (Å²) in [4.78, 5) is 19.8. The zero-order valence-electron chi connectivity index (χ0n) is 13.2. The van der Waals surface area contributed by atoms with Gasteiger partial charge >= 0.3 is 0 Å². The Labute approximate surface area is 162 Å². The first-order valence-corrected chi connectivity index (χ1v) is 9.33. The molecule has 130 valence electrons. The van der Waals surface area contributed by atoms with E-state index in [-0.39, 0.29) is 11.7 Å².